The van der Waals surface area contributed by atoms with Crippen LogP contribution in [0, 0.1) is 5.92 Å². The van der Waals surface area contributed by atoms with E-state index < -0.39 is 0 Å². The lowest BCUT2D eigenvalue weighted by atomic mass is 9.95. The number of hydrogen-bond donors (Lipinski definition) is 0. The van der Waals surface area contributed by atoms with Crippen LogP contribution in [0.2, 0.25) is 0 Å². The summed E-state index contributed by atoms with van der Waals surface area (Å²) in [5, 5.41) is 8.87. The first kappa shape index (κ1) is 22.2. The Bertz CT molecular complexity index is 1090. The zero-order chi connectivity index (χ0) is 23.3. The predicted molar refractivity (Wildman–Crippen MR) is 134 cm³/mol. The maximum absolute atomic E-state index is 13.2. The number of amides is 1. The lowest BCUT2D eigenvalue weighted by Crippen LogP contribution is -2.51. The van der Waals surface area contributed by atoms with Gasteiger partial charge in [-0.15, -0.1) is 10.2 Å². The molecule has 0 radical (unpaired) electrons. The molecule has 2 aliphatic rings. The highest BCUT2D eigenvalue weighted by atomic mass is 16.5. The molecule has 1 aromatic heterocycles. The van der Waals surface area contributed by atoms with Crippen molar-refractivity contribution in [3.63, 3.8) is 0 Å². The molecule has 0 saturated carbocycles. The number of benzene rings is 2. The molecule has 0 spiro atoms. The van der Waals surface area contributed by atoms with Gasteiger partial charge in [-0.25, -0.2) is 0 Å². The van der Waals surface area contributed by atoms with Crippen molar-refractivity contribution >= 4 is 17.4 Å². The Morgan fingerprint density at radius 3 is 2.18 bits per heavy atom. The van der Waals surface area contributed by atoms with Crippen molar-refractivity contribution in [2.24, 2.45) is 5.92 Å². The Morgan fingerprint density at radius 2 is 1.50 bits per heavy atom. The highest BCUT2D eigenvalue weighted by molar-refractivity contribution is 5.79. The van der Waals surface area contributed by atoms with Gasteiger partial charge >= 0.3 is 0 Å². The van der Waals surface area contributed by atoms with Crippen molar-refractivity contribution in [3.05, 3.63) is 66.7 Å². The number of nitrogens with zero attached hydrogens (tertiary/aromatic N) is 5. The molecule has 5 rings (SSSR count). The zero-order valence-corrected chi connectivity index (χ0v) is 19.6. The Balaban J connectivity index is 1.13. The summed E-state index contributed by atoms with van der Waals surface area (Å²) in [7, 11) is 1.70. The molecule has 0 aliphatic carbocycles. The van der Waals surface area contributed by atoms with Crippen molar-refractivity contribution < 1.29 is 9.53 Å². The number of anilines is 2. The molecular weight excluding hydrogens is 426 g/mol. The van der Waals surface area contributed by atoms with Gasteiger partial charge in [-0.2, -0.15) is 0 Å². The molecule has 2 aromatic carbocycles. The third kappa shape index (κ3) is 4.69. The number of piperazine rings is 1. The molecule has 0 N–H and O–H groups in total. The molecule has 3 heterocycles. The van der Waals surface area contributed by atoms with Crippen LogP contribution in [-0.4, -0.2) is 67.4 Å². The normalized spacial score (nSPS) is 17.0. The van der Waals surface area contributed by atoms with Crippen molar-refractivity contribution in [1.29, 1.82) is 0 Å². The van der Waals surface area contributed by atoms with E-state index in [1.807, 2.05) is 65.6 Å². The number of aromatic nitrogens is 2. The second-order valence-electron chi connectivity index (χ2n) is 8.89. The van der Waals surface area contributed by atoms with Crippen molar-refractivity contribution in [2.45, 2.75) is 12.8 Å². The maximum Gasteiger partial charge on any atom is 0.225 e. The molecule has 34 heavy (non-hydrogen) atoms. The summed E-state index contributed by atoms with van der Waals surface area (Å²) < 4.78 is 5.51. The van der Waals surface area contributed by atoms with E-state index in [0.717, 1.165) is 80.6 Å². The number of carbonyl (C=O) groups excluding carboxylic acids is 1. The smallest absolute Gasteiger partial charge is 0.225 e. The summed E-state index contributed by atoms with van der Waals surface area (Å²) >= 11 is 0. The van der Waals surface area contributed by atoms with Crippen LogP contribution in [-0.2, 0) is 4.79 Å². The first-order chi connectivity index (χ1) is 16.7. The molecule has 3 aromatic rings. The van der Waals surface area contributed by atoms with Gasteiger partial charge in [-0.05, 0) is 37.1 Å². The van der Waals surface area contributed by atoms with Gasteiger partial charge in [0.2, 0.25) is 5.91 Å². The molecule has 7 heteroatoms. The first-order valence-corrected chi connectivity index (χ1v) is 12.0. The number of methoxy groups -OCH3 is 1. The molecule has 2 aliphatic heterocycles. The van der Waals surface area contributed by atoms with Crippen LogP contribution < -0.4 is 14.5 Å². The summed E-state index contributed by atoms with van der Waals surface area (Å²) in [6.07, 6.45) is 1.71. The van der Waals surface area contributed by atoms with Crippen LogP contribution >= 0.6 is 0 Å². The summed E-state index contributed by atoms with van der Waals surface area (Å²) in [5.41, 5.74) is 3.04. The van der Waals surface area contributed by atoms with E-state index in [-0.39, 0.29) is 5.92 Å². The largest absolute Gasteiger partial charge is 0.495 e. The molecule has 176 valence electrons. The number of carbonyl (C=O) groups is 1. The molecule has 0 bridgehead atoms. The highest BCUT2D eigenvalue weighted by Crippen LogP contribution is 2.29. The topological polar surface area (TPSA) is 61.8 Å². The number of rotatable bonds is 5. The standard InChI is InChI=1S/C27H31N5O2/c1-34-25-10-6-5-9-24(25)30-17-19-32(20-18-30)27(33)22-13-15-31(16-14-22)26-12-11-23(28-29-26)21-7-3-2-4-8-21/h2-12,22H,13-20H2,1H3. The van der Waals surface area contributed by atoms with E-state index in [2.05, 4.69) is 26.1 Å². The van der Waals surface area contributed by atoms with Crippen molar-refractivity contribution in [3.8, 4) is 17.0 Å². The summed E-state index contributed by atoms with van der Waals surface area (Å²) in [6.45, 7) is 4.82. The fraction of sp³-hybridized carbons (Fsp3) is 0.370. The average Bonchev–Trinajstić information content (AvgIpc) is 2.93. The van der Waals surface area contributed by atoms with E-state index in [9.17, 15) is 4.79 Å². The minimum atomic E-state index is 0.0885. The van der Waals surface area contributed by atoms with E-state index in [1.165, 1.54) is 0 Å². The molecule has 0 unspecified atom stereocenters. The monoisotopic (exact) mass is 457 g/mol. The predicted octanol–water partition coefficient (Wildman–Crippen LogP) is 3.72. The minimum absolute atomic E-state index is 0.0885. The van der Waals surface area contributed by atoms with Gasteiger partial charge in [0.15, 0.2) is 5.82 Å². The summed E-state index contributed by atoms with van der Waals surface area (Å²) in [4.78, 5) is 19.8. The lowest BCUT2D eigenvalue weighted by Gasteiger charge is -2.39. The fourth-order valence-electron chi connectivity index (χ4n) is 4.93. The number of piperidine rings is 1. The van der Waals surface area contributed by atoms with Gasteiger partial charge in [-0.3, -0.25) is 4.79 Å². The average molecular weight is 458 g/mol. The van der Waals surface area contributed by atoms with Crippen molar-refractivity contribution in [2.75, 3.05) is 56.2 Å². The first-order valence-electron chi connectivity index (χ1n) is 12.0. The van der Waals surface area contributed by atoms with Crippen LogP contribution in [0.1, 0.15) is 12.8 Å². The maximum atomic E-state index is 13.2. The Hall–Kier alpha value is -3.61. The van der Waals surface area contributed by atoms with Crippen LogP contribution in [0.3, 0.4) is 0 Å². The van der Waals surface area contributed by atoms with E-state index in [1.54, 1.807) is 7.11 Å². The Labute approximate surface area is 201 Å². The second-order valence-corrected chi connectivity index (χ2v) is 8.89. The van der Waals surface area contributed by atoms with Crippen LogP contribution in [0.5, 0.6) is 5.75 Å². The Morgan fingerprint density at radius 1 is 0.794 bits per heavy atom. The quantitative estimate of drug-likeness (QED) is 0.582. The lowest BCUT2D eigenvalue weighted by molar-refractivity contribution is -0.136. The second kappa shape index (κ2) is 10.1. The minimum Gasteiger partial charge on any atom is -0.495 e. The van der Waals surface area contributed by atoms with Crippen LogP contribution in [0.4, 0.5) is 11.5 Å². The van der Waals surface area contributed by atoms with Gasteiger partial charge in [0.25, 0.3) is 0 Å². The Kier molecular flexibility index (Phi) is 6.60. The SMILES string of the molecule is COc1ccccc1N1CCN(C(=O)C2CCN(c3ccc(-c4ccccc4)nn3)CC2)CC1. The van der Waals surface area contributed by atoms with Crippen LogP contribution in [0.25, 0.3) is 11.3 Å². The van der Waals surface area contributed by atoms with E-state index in [4.69, 9.17) is 4.74 Å². The van der Waals surface area contributed by atoms with Gasteiger partial charge in [0, 0.05) is 50.7 Å². The van der Waals surface area contributed by atoms with Crippen LogP contribution in [0.15, 0.2) is 66.7 Å². The third-order valence-corrected chi connectivity index (χ3v) is 6.91. The molecular formula is C27H31N5O2. The number of ether oxygens (including phenoxy) is 1. The third-order valence-electron chi connectivity index (χ3n) is 6.91. The summed E-state index contributed by atoms with van der Waals surface area (Å²) in [6, 6.07) is 22.2. The van der Waals surface area contributed by atoms with Crippen molar-refractivity contribution in [1.82, 2.24) is 15.1 Å². The molecule has 1 amide bonds. The molecule has 2 saturated heterocycles. The molecule has 2 fully saturated rings. The van der Waals surface area contributed by atoms with Gasteiger partial charge < -0.3 is 19.4 Å². The van der Waals surface area contributed by atoms with E-state index >= 15 is 0 Å². The fourth-order valence-corrected chi connectivity index (χ4v) is 4.93. The molecule has 7 nitrogen and oxygen atoms in total. The molecule has 0 atom stereocenters. The zero-order valence-electron chi connectivity index (χ0n) is 19.6. The number of para-hydroxylation sites is 2. The number of hydrogen-bond acceptors (Lipinski definition) is 6. The van der Waals surface area contributed by atoms with E-state index in [0.29, 0.717) is 5.91 Å². The summed E-state index contributed by atoms with van der Waals surface area (Å²) in [5.74, 6) is 2.15. The van der Waals surface area contributed by atoms with Gasteiger partial charge in [0.1, 0.15) is 5.75 Å². The van der Waals surface area contributed by atoms with Gasteiger partial charge in [0.05, 0.1) is 18.5 Å². The van der Waals surface area contributed by atoms with Gasteiger partial charge in [-0.1, -0.05) is 42.5 Å². The highest BCUT2D eigenvalue weighted by Gasteiger charge is 2.31.